The highest BCUT2D eigenvalue weighted by molar-refractivity contribution is 5.88. The molecule has 3 saturated heterocycles. The molecule has 7 heteroatoms. The van der Waals surface area contributed by atoms with Gasteiger partial charge in [-0.1, -0.05) is 29.4 Å². The molecule has 3 aliphatic heterocycles. The van der Waals surface area contributed by atoms with Crippen molar-refractivity contribution in [3.05, 3.63) is 54.1 Å². The number of fused-ring (bicyclic) bond motifs is 2. The van der Waals surface area contributed by atoms with Crippen LogP contribution in [-0.4, -0.2) is 80.1 Å². The molecular weight excluding hydrogens is 452 g/mol. The number of ether oxygens (including phenoxy) is 2. The molecule has 0 bridgehead atoms. The maximum absolute atomic E-state index is 6.33. The van der Waals surface area contributed by atoms with Crippen LogP contribution >= 0.6 is 0 Å². The minimum absolute atomic E-state index is 0.540. The molecule has 0 radical (unpaired) electrons. The summed E-state index contributed by atoms with van der Waals surface area (Å²) in [6.45, 7) is 7.93. The second kappa shape index (κ2) is 10.8. The van der Waals surface area contributed by atoms with Gasteiger partial charge in [-0.25, -0.2) is 0 Å². The molecule has 3 aromatic rings. The number of benzene rings is 2. The smallest absolute Gasteiger partial charge is 0.180 e. The Kier molecular flexibility index (Phi) is 7.12. The molecule has 2 aromatic carbocycles. The van der Waals surface area contributed by atoms with Gasteiger partial charge in [0.05, 0.1) is 18.6 Å². The molecule has 1 unspecified atom stereocenters. The van der Waals surface area contributed by atoms with E-state index in [0.717, 1.165) is 75.0 Å². The number of piperidine rings is 1. The molecule has 6 rings (SSSR count). The quantitative estimate of drug-likeness (QED) is 0.463. The number of hydrogen-bond acceptors (Lipinski definition) is 7. The first-order valence-electron chi connectivity index (χ1n) is 13.5. The highest BCUT2D eigenvalue weighted by Crippen LogP contribution is 2.31. The first-order valence-corrected chi connectivity index (χ1v) is 13.5. The zero-order chi connectivity index (χ0) is 24.3. The number of likely N-dealkylation sites (tertiary alicyclic amines) is 1. The van der Waals surface area contributed by atoms with E-state index < -0.39 is 0 Å². The van der Waals surface area contributed by atoms with Gasteiger partial charge in [-0.15, -0.1) is 0 Å². The number of piperazine rings is 1. The van der Waals surface area contributed by atoms with Gasteiger partial charge in [-0.3, -0.25) is 9.80 Å². The van der Waals surface area contributed by atoms with E-state index in [-0.39, 0.29) is 0 Å². The minimum atomic E-state index is 0.540. The first kappa shape index (κ1) is 23.8. The lowest BCUT2D eigenvalue weighted by molar-refractivity contribution is 0.0726. The highest BCUT2D eigenvalue weighted by Gasteiger charge is 2.34. The zero-order valence-electron chi connectivity index (χ0n) is 21.3. The van der Waals surface area contributed by atoms with Gasteiger partial charge >= 0.3 is 0 Å². The fourth-order valence-corrected chi connectivity index (χ4v) is 6.35. The van der Waals surface area contributed by atoms with Crippen molar-refractivity contribution in [3.8, 4) is 5.75 Å². The summed E-state index contributed by atoms with van der Waals surface area (Å²) in [7, 11) is 1.80. The Morgan fingerprint density at radius 1 is 0.972 bits per heavy atom. The Hall–Kier alpha value is -2.61. The average molecular weight is 491 g/mol. The van der Waals surface area contributed by atoms with Crippen molar-refractivity contribution in [2.24, 2.45) is 5.92 Å². The molecule has 4 heterocycles. The van der Waals surface area contributed by atoms with E-state index >= 15 is 0 Å². The normalized spacial score (nSPS) is 25.4. The number of rotatable bonds is 8. The van der Waals surface area contributed by atoms with Crippen LogP contribution in [0.25, 0.3) is 11.0 Å². The molecule has 0 saturated carbocycles. The van der Waals surface area contributed by atoms with Gasteiger partial charge in [0.25, 0.3) is 0 Å². The summed E-state index contributed by atoms with van der Waals surface area (Å²) in [6, 6.07) is 18.0. The van der Waals surface area contributed by atoms with Gasteiger partial charge in [-0.05, 0) is 62.1 Å². The predicted octanol–water partition coefficient (Wildman–Crippen LogP) is 4.42. The molecule has 0 spiro atoms. The summed E-state index contributed by atoms with van der Waals surface area (Å²) in [4.78, 5) is 7.62. The van der Waals surface area contributed by atoms with Gasteiger partial charge in [0.15, 0.2) is 11.4 Å². The Morgan fingerprint density at radius 3 is 2.86 bits per heavy atom. The van der Waals surface area contributed by atoms with Crippen molar-refractivity contribution in [1.29, 1.82) is 0 Å². The van der Waals surface area contributed by atoms with Crippen molar-refractivity contribution in [1.82, 2.24) is 15.0 Å². The zero-order valence-corrected chi connectivity index (χ0v) is 21.3. The molecule has 3 aliphatic rings. The molecule has 0 amide bonds. The average Bonchev–Trinajstić information content (AvgIpc) is 3.54. The van der Waals surface area contributed by atoms with Crippen LogP contribution in [0, 0.1) is 5.92 Å². The number of hydrogen-bond donors (Lipinski definition) is 0. The lowest BCUT2D eigenvalue weighted by Gasteiger charge is -2.46. The third-order valence-electron chi connectivity index (χ3n) is 8.29. The Labute approximate surface area is 213 Å². The number of anilines is 1. The van der Waals surface area contributed by atoms with Crippen LogP contribution in [0.2, 0.25) is 0 Å². The summed E-state index contributed by atoms with van der Waals surface area (Å²) >= 11 is 0. The van der Waals surface area contributed by atoms with E-state index in [1.807, 2.05) is 12.1 Å². The van der Waals surface area contributed by atoms with Gasteiger partial charge < -0.3 is 18.9 Å². The molecule has 3 fully saturated rings. The third-order valence-corrected chi connectivity index (χ3v) is 8.29. The minimum Gasteiger partial charge on any atom is -0.493 e. The molecular formula is C29H38N4O3. The second-order valence-corrected chi connectivity index (χ2v) is 10.7. The molecule has 0 N–H and O–H groups in total. The summed E-state index contributed by atoms with van der Waals surface area (Å²) in [6.07, 6.45) is 4.91. The van der Waals surface area contributed by atoms with Crippen LogP contribution in [0.5, 0.6) is 5.75 Å². The first-order chi connectivity index (χ1) is 17.8. The van der Waals surface area contributed by atoms with Crippen molar-refractivity contribution in [2.75, 3.05) is 57.9 Å². The van der Waals surface area contributed by atoms with E-state index in [0.29, 0.717) is 18.0 Å². The van der Waals surface area contributed by atoms with Crippen molar-refractivity contribution in [2.45, 2.75) is 44.3 Å². The van der Waals surface area contributed by atoms with Crippen molar-refractivity contribution in [3.63, 3.8) is 0 Å². The molecule has 192 valence electrons. The fourth-order valence-electron chi connectivity index (χ4n) is 6.35. The third kappa shape index (κ3) is 5.10. The number of para-hydroxylation sites is 1. The SMILES string of the molecule is COCC1CCCN1Cc1cccc(OC[C@@H]2CC[C@@H]3CN(c4noc5ccccc45)CCN3C2)c1. The van der Waals surface area contributed by atoms with Crippen LogP contribution in [0.4, 0.5) is 5.82 Å². The Bertz CT molecular complexity index is 1150. The van der Waals surface area contributed by atoms with Crippen molar-refractivity contribution < 1.29 is 14.0 Å². The van der Waals surface area contributed by atoms with Crippen molar-refractivity contribution >= 4 is 16.8 Å². The molecule has 7 nitrogen and oxygen atoms in total. The standard InChI is InChI=1S/C29H38N4O3/c1-34-21-25-7-5-13-31(25)17-22-6-4-8-26(16-22)35-20-23-11-12-24-19-33(15-14-32(24)18-23)29-27-9-2-3-10-28(27)36-30-29/h2-4,6,8-10,16,23-25H,5,7,11-15,17-21H2,1H3/t23-,24-,25?/m1/s1. The van der Waals surface area contributed by atoms with Crippen LogP contribution in [0.15, 0.2) is 53.1 Å². The Morgan fingerprint density at radius 2 is 1.92 bits per heavy atom. The van der Waals surface area contributed by atoms with Gasteiger partial charge in [0.2, 0.25) is 0 Å². The molecule has 36 heavy (non-hydrogen) atoms. The van der Waals surface area contributed by atoms with E-state index in [1.54, 1.807) is 7.11 Å². The molecule has 1 aromatic heterocycles. The number of nitrogens with zero attached hydrogens (tertiary/aromatic N) is 4. The maximum Gasteiger partial charge on any atom is 0.180 e. The van der Waals surface area contributed by atoms with Gasteiger partial charge in [-0.2, -0.15) is 0 Å². The molecule has 3 atom stereocenters. The molecule has 0 aliphatic carbocycles. The maximum atomic E-state index is 6.33. The van der Waals surface area contributed by atoms with E-state index in [1.165, 1.54) is 31.2 Å². The monoisotopic (exact) mass is 490 g/mol. The lowest BCUT2D eigenvalue weighted by Crippen LogP contribution is -2.57. The summed E-state index contributed by atoms with van der Waals surface area (Å²) in [5.74, 6) is 2.58. The summed E-state index contributed by atoms with van der Waals surface area (Å²) in [5.41, 5.74) is 2.20. The fraction of sp³-hybridized carbons (Fsp3) is 0.552. The van der Waals surface area contributed by atoms with E-state index in [2.05, 4.69) is 56.3 Å². The van der Waals surface area contributed by atoms with Crippen LogP contribution in [-0.2, 0) is 11.3 Å². The second-order valence-electron chi connectivity index (χ2n) is 10.7. The van der Waals surface area contributed by atoms with Crippen LogP contribution < -0.4 is 9.64 Å². The largest absolute Gasteiger partial charge is 0.493 e. The highest BCUT2D eigenvalue weighted by atomic mass is 16.5. The lowest BCUT2D eigenvalue weighted by atomic mass is 9.91. The van der Waals surface area contributed by atoms with Crippen LogP contribution in [0.1, 0.15) is 31.2 Å². The summed E-state index contributed by atoms with van der Waals surface area (Å²) < 4.78 is 17.3. The number of methoxy groups -OCH3 is 1. The predicted molar refractivity (Wildman–Crippen MR) is 142 cm³/mol. The van der Waals surface area contributed by atoms with Gasteiger partial charge in [0.1, 0.15) is 5.75 Å². The summed E-state index contributed by atoms with van der Waals surface area (Å²) in [5, 5.41) is 5.51. The van der Waals surface area contributed by atoms with E-state index in [4.69, 9.17) is 14.0 Å². The van der Waals surface area contributed by atoms with Crippen LogP contribution in [0.3, 0.4) is 0 Å². The topological polar surface area (TPSA) is 54.2 Å². The Balaban J connectivity index is 1.01. The van der Waals surface area contributed by atoms with Gasteiger partial charge in [0, 0.05) is 57.8 Å². The van der Waals surface area contributed by atoms with E-state index in [9.17, 15) is 0 Å². The number of aromatic nitrogens is 1.